The fourth-order valence-corrected chi connectivity index (χ4v) is 2.22. The van der Waals surface area contributed by atoms with Crippen molar-refractivity contribution in [3.8, 4) is 5.88 Å². The zero-order valence-electron chi connectivity index (χ0n) is 5.90. The van der Waals surface area contributed by atoms with Gasteiger partial charge in [-0.2, -0.15) is 0 Å². The van der Waals surface area contributed by atoms with Crippen molar-refractivity contribution in [2.24, 2.45) is 0 Å². The van der Waals surface area contributed by atoms with E-state index in [1.165, 1.54) is 6.20 Å². The standard InChI is InChI=1S/C6H2F3I2NO/c7-6(8,9)13-5-4(11)1-3(10)2-12-5/h1-2H. The lowest BCUT2D eigenvalue weighted by Gasteiger charge is -2.08. The zero-order chi connectivity index (χ0) is 10.1. The van der Waals surface area contributed by atoms with Crippen LogP contribution in [-0.4, -0.2) is 11.3 Å². The lowest BCUT2D eigenvalue weighted by atomic mass is 10.5. The van der Waals surface area contributed by atoms with Crippen molar-refractivity contribution >= 4 is 45.2 Å². The third kappa shape index (κ3) is 3.83. The molecule has 1 aromatic rings. The lowest BCUT2D eigenvalue weighted by Crippen LogP contribution is -2.18. The number of aromatic nitrogens is 1. The normalized spacial score (nSPS) is 11.5. The lowest BCUT2D eigenvalue weighted by molar-refractivity contribution is -0.276. The average Bonchev–Trinajstić information content (AvgIpc) is 1.93. The number of rotatable bonds is 1. The third-order valence-corrected chi connectivity index (χ3v) is 2.35. The van der Waals surface area contributed by atoms with Crippen LogP contribution in [-0.2, 0) is 0 Å². The van der Waals surface area contributed by atoms with Gasteiger partial charge in [0, 0.05) is 9.77 Å². The Kier molecular flexibility index (Phi) is 3.60. The molecule has 0 saturated carbocycles. The molecule has 13 heavy (non-hydrogen) atoms. The van der Waals surface area contributed by atoms with Crippen molar-refractivity contribution in [3.63, 3.8) is 0 Å². The Balaban J connectivity index is 2.90. The molecule has 1 heterocycles. The van der Waals surface area contributed by atoms with E-state index in [0.29, 0.717) is 3.57 Å². The minimum absolute atomic E-state index is 0.335. The van der Waals surface area contributed by atoms with Crippen LogP contribution in [0.3, 0.4) is 0 Å². The molecule has 7 heteroatoms. The summed E-state index contributed by atoms with van der Waals surface area (Å²) >= 11 is 3.69. The van der Waals surface area contributed by atoms with E-state index in [9.17, 15) is 13.2 Å². The van der Waals surface area contributed by atoms with Gasteiger partial charge in [0.25, 0.3) is 0 Å². The molecule has 0 aliphatic heterocycles. The SMILES string of the molecule is FC(F)(F)Oc1ncc(I)cc1I. The molecule has 0 N–H and O–H groups in total. The predicted octanol–water partition coefficient (Wildman–Crippen LogP) is 3.19. The van der Waals surface area contributed by atoms with Crippen LogP contribution in [0.4, 0.5) is 13.2 Å². The van der Waals surface area contributed by atoms with Crippen LogP contribution in [0.5, 0.6) is 5.88 Å². The number of alkyl halides is 3. The number of hydrogen-bond acceptors (Lipinski definition) is 2. The second kappa shape index (κ2) is 4.15. The van der Waals surface area contributed by atoms with Gasteiger partial charge < -0.3 is 4.74 Å². The van der Waals surface area contributed by atoms with Gasteiger partial charge in [0.05, 0.1) is 3.57 Å². The summed E-state index contributed by atoms with van der Waals surface area (Å²) in [6.07, 6.45) is -3.37. The van der Waals surface area contributed by atoms with E-state index in [2.05, 4.69) is 9.72 Å². The molecule has 0 bridgehead atoms. The van der Waals surface area contributed by atoms with E-state index < -0.39 is 12.2 Å². The van der Waals surface area contributed by atoms with E-state index in [0.717, 1.165) is 3.57 Å². The van der Waals surface area contributed by atoms with Crippen molar-refractivity contribution in [2.75, 3.05) is 0 Å². The second-order valence-corrected chi connectivity index (χ2v) is 4.40. The van der Waals surface area contributed by atoms with Crippen LogP contribution in [0.25, 0.3) is 0 Å². The molecule has 0 saturated heterocycles. The summed E-state index contributed by atoms with van der Waals surface area (Å²) in [6, 6.07) is 1.55. The molecule has 0 aliphatic rings. The molecule has 0 atom stereocenters. The third-order valence-electron chi connectivity index (χ3n) is 0.986. The van der Waals surface area contributed by atoms with Crippen molar-refractivity contribution in [2.45, 2.75) is 6.36 Å². The summed E-state index contributed by atoms with van der Waals surface area (Å²) in [6.45, 7) is 0. The second-order valence-electron chi connectivity index (χ2n) is 1.99. The average molecular weight is 415 g/mol. The molecule has 1 rings (SSSR count). The van der Waals surface area contributed by atoms with Gasteiger partial charge >= 0.3 is 6.36 Å². The van der Waals surface area contributed by atoms with E-state index in [1.54, 1.807) is 28.7 Å². The van der Waals surface area contributed by atoms with Gasteiger partial charge in [-0.3, -0.25) is 0 Å². The summed E-state index contributed by atoms with van der Waals surface area (Å²) in [5.74, 6) is -0.409. The van der Waals surface area contributed by atoms with Crippen LogP contribution in [0.15, 0.2) is 12.3 Å². The maximum absolute atomic E-state index is 11.8. The van der Waals surface area contributed by atoms with E-state index >= 15 is 0 Å². The van der Waals surface area contributed by atoms with Crippen LogP contribution in [0.2, 0.25) is 0 Å². The molecule has 1 aromatic heterocycles. The smallest absolute Gasteiger partial charge is 0.387 e. The van der Waals surface area contributed by atoms with E-state index in [4.69, 9.17) is 0 Å². The topological polar surface area (TPSA) is 22.1 Å². The Morgan fingerprint density at radius 1 is 1.31 bits per heavy atom. The van der Waals surface area contributed by atoms with E-state index in [-0.39, 0.29) is 0 Å². The Hall–Kier alpha value is 0.200. The number of halogens is 5. The maximum atomic E-state index is 11.8. The minimum atomic E-state index is -4.68. The molecule has 72 valence electrons. The molecule has 0 fully saturated rings. The van der Waals surface area contributed by atoms with Gasteiger partial charge in [-0.1, -0.05) is 0 Å². The molecule has 0 aromatic carbocycles. The molecule has 2 nitrogen and oxygen atoms in total. The highest BCUT2D eigenvalue weighted by atomic mass is 127. The monoisotopic (exact) mass is 415 g/mol. The van der Waals surface area contributed by atoms with Crippen molar-refractivity contribution < 1.29 is 17.9 Å². The minimum Gasteiger partial charge on any atom is -0.387 e. The fourth-order valence-electron chi connectivity index (χ4n) is 0.587. The largest absolute Gasteiger partial charge is 0.574 e. The summed E-state index contributed by atoms with van der Waals surface area (Å²) in [5, 5.41) is 0. The van der Waals surface area contributed by atoms with Gasteiger partial charge in [0.1, 0.15) is 0 Å². The van der Waals surface area contributed by atoms with Crippen LogP contribution in [0.1, 0.15) is 0 Å². The summed E-state index contributed by atoms with van der Waals surface area (Å²) in [7, 11) is 0. The summed E-state index contributed by atoms with van der Waals surface area (Å²) < 4.78 is 40.0. The quantitative estimate of drug-likeness (QED) is 0.658. The maximum Gasteiger partial charge on any atom is 0.574 e. The van der Waals surface area contributed by atoms with Crippen LogP contribution < -0.4 is 4.74 Å². The number of pyridine rings is 1. The molecule has 0 unspecified atom stereocenters. The first-order valence-corrected chi connectivity index (χ1v) is 5.11. The van der Waals surface area contributed by atoms with Gasteiger partial charge in [-0.05, 0) is 51.2 Å². The first-order valence-electron chi connectivity index (χ1n) is 2.95. The Morgan fingerprint density at radius 2 is 1.92 bits per heavy atom. The molecule has 0 amide bonds. The zero-order valence-corrected chi connectivity index (χ0v) is 10.2. The molecule has 0 spiro atoms. The molecular weight excluding hydrogens is 413 g/mol. The van der Waals surface area contributed by atoms with E-state index in [1.807, 2.05) is 22.6 Å². The highest BCUT2D eigenvalue weighted by molar-refractivity contribution is 14.1. The van der Waals surface area contributed by atoms with Gasteiger partial charge in [0.2, 0.25) is 5.88 Å². The van der Waals surface area contributed by atoms with Crippen molar-refractivity contribution in [1.82, 2.24) is 4.98 Å². The summed E-state index contributed by atoms with van der Waals surface area (Å²) in [5.41, 5.74) is 0. The van der Waals surface area contributed by atoms with Gasteiger partial charge in [-0.25, -0.2) is 4.98 Å². The molecule has 0 aliphatic carbocycles. The first-order chi connectivity index (χ1) is 5.88. The molecular formula is C6H2F3I2NO. The molecule has 0 radical (unpaired) electrons. The van der Waals surface area contributed by atoms with Crippen molar-refractivity contribution in [1.29, 1.82) is 0 Å². The van der Waals surface area contributed by atoms with Crippen LogP contribution >= 0.6 is 45.2 Å². The highest BCUT2D eigenvalue weighted by Gasteiger charge is 2.32. The number of nitrogens with zero attached hydrogens (tertiary/aromatic N) is 1. The Morgan fingerprint density at radius 3 is 2.38 bits per heavy atom. The van der Waals surface area contributed by atoms with Gasteiger partial charge in [-0.15, -0.1) is 13.2 Å². The number of hydrogen-bond donors (Lipinski definition) is 0. The summed E-state index contributed by atoms with van der Waals surface area (Å²) in [4.78, 5) is 3.51. The van der Waals surface area contributed by atoms with Crippen molar-refractivity contribution in [3.05, 3.63) is 19.4 Å². The highest BCUT2D eigenvalue weighted by Crippen LogP contribution is 2.26. The first kappa shape index (κ1) is 11.3. The van der Waals surface area contributed by atoms with Crippen LogP contribution in [0, 0.1) is 7.14 Å². The van der Waals surface area contributed by atoms with Gasteiger partial charge in [0.15, 0.2) is 0 Å². The Labute approximate surface area is 99.1 Å². The Bertz CT molecular complexity index is 315. The fraction of sp³-hybridized carbons (Fsp3) is 0.167. The predicted molar refractivity (Wildman–Crippen MR) is 56.4 cm³/mol. The number of ether oxygens (including phenoxy) is 1.